The van der Waals surface area contributed by atoms with Gasteiger partial charge in [0.15, 0.2) is 11.5 Å². The lowest BCUT2D eigenvalue weighted by molar-refractivity contribution is -0.119. The molecular formula is C20H24N2O4. The molecule has 6 heteroatoms. The predicted molar refractivity (Wildman–Crippen MR) is 98.2 cm³/mol. The Kier molecular flexibility index (Phi) is 5.63. The summed E-state index contributed by atoms with van der Waals surface area (Å²) in [5, 5.41) is 3.07. The number of nitrogens with one attached hydrogen (secondary N) is 1. The molecule has 1 heterocycles. The molecule has 0 aliphatic carbocycles. The Morgan fingerprint density at radius 2 is 1.88 bits per heavy atom. The molecule has 0 spiro atoms. The third kappa shape index (κ3) is 3.91. The van der Waals surface area contributed by atoms with Crippen molar-refractivity contribution in [2.45, 2.75) is 39.5 Å². The summed E-state index contributed by atoms with van der Waals surface area (Å²) in [6.07, 6.45) is 0.958. The summed E-state index contributed by atoms with van der Waals surface area (Å²) in [4.78, 5) is 11.2. The van der Waals surface area contributed by atoms with E-state index in [1.54, 1.807) is 6.92 Å². The van der Waals surface area contributed by atoms with Gasteiger partial charge in [-0.3, -0.25) is 4.79 Å². The molecule has 0 saturated heterocycles. The molecule has 2 aromatic rings. The number of benzene rings is 2. The van der Waals surface area contributed by atoms with E-state index in [2.05, 4.69) is 24.4 Å². The van der Waals surface area contributed by atoms with Crippen LogP contribution in [0.3, 0.4) is 0 Å². The summed E-state index contributed by atoms with van der Waals surface area (Å²) in [7, 11) is 0. The first-order valence-corrected chi connectivity index (χ1v) is 8.74. The molecule has 1 aliphatic rings. The number of ether oxygens (including phenoxy) is 3. The van der Waals surface area contributed by atoms with Crippen LogP contribution >= 0.6 is 0 Å². The number of aryl methyl sites for hydroxylation is 1. The monoisotopic (exact) mass is 356 g/mol. The lowest BCUT2D eigenvalue weighted by atomic mass is 10.1. The Morgan fingerprint density at radius 1 is 1.15 bits per heavy atom. The van der Waals surface area contributed by atoms with Crippen LogP contribution in [0.5, 0.6) is 17.2 Å². The minimum Gasteiger partial charge on any atom is -0.485 e. The minimum absolute atomic E-state index is 0.152. The van der Waals surface area contributed by atoms with Gasteiger partial charge in [-0.15, -0.1) is 0 Å². The lowest BCUT2D eigenvalue weighted by Crippen LogP contribution is -2.38. The van der Waals surface area contributed by atoms with E-state index < -0.39 is 11.9 Å². The van der Waals surface area contributed by atoms with E-state index >= 15 is 0 Å². The number of nitrogens with two attached hydrogens (primary N) is 1. The van der Waals surface area contributed by atoms with Crippen LogP contribution in [0.2, 0.25) is 0 Å². The van der Waals surface area contributed by atoms with Gasteiger partial charge in [0.05, 0.1) is 6.04 Å². The molecule has 0 aromatic heterocycles. The molecule has 6 nitrogen and oxygen atoms in total. The summed E-state index contributed by atoms with van der Waals surface area (Å²) in [6.45, 7) is 4.93. The number of fused-ring (bicyclic) bond motifs is 1. The molecule has 0 saturated carbocycles. The number of carbonyl (C=O) groups excluding carboxylic acids is 1. The number of rotatable bonds is 8. The molecule has 0 unspecified atom stereocenters. The molecule has 2 aromatic carbocycles. The van der Waals surface area contributed by atoms with Crippen LogP contribution in [0.25, 0.3) is 0 Å². The molecular weight excluding hydrogens is 332 g/mol. The predicted octanol–water partition coefficient (Wildman–Crippen LogP) is 2.52. The summed E-state index contributed by atoms with van der Waals surface area (Å²) in [5.41, 5.74) is 8.60. The van der Waals surface area contributed by atoms with Gasteiger partial charge in [0, 0.05) is 12.1 Å². The van der Waals surface area contributed by atoms with E-state index in [1.165, 1.54) is 5.56 Å². The molecule has 0 fully saturated rings. The highest BCUT2D eigenvalue weighted by Gasteiger charge is 2.23. The van der Waals surface area contributed by atoms with Crippen molar-refractivity contribution in [1.29, 1.82) is 0 Å². The molecule has 138 valence electrons. The van der Waals surface area contributed by atoms with E-state index in [0.717, 1.165) is 17.5 Å². The Bertz CT molecular complexity index is 791. The van der Waals surface area contributed by atoms with Crippen molar-refractivity contribution >= 4 is 5.91 Å². The quantitative estimate of drug-likeness (QED) is 0.759. The fourth-order valence-corrected chi connectivity index (χ4v) is 2.84. The van der Waals surface area contributed by atoms with Crippen LogP contribution in [-0.4, -0.2) is 18.7 Å². The summed E-state index contributed by atoms with van der Waals surface area (Å²) < 4.78 is 17.2. The average molecular weight is 356 g/mol. The lowest BCUT2D eigenvalue weighted by Gasteiger charge is -2.14. The van der Waals surface area contributed by atoms with E-state index in [1.807, 2.05) is 24.3 Å². The molecule has 3 rings (SSSR count). The van der Waals surface area contributed by atoms with Crippen molar-refractivity contribution in [3.05, 3.63) is 53.1 Å². The van der Waals surface area contributed by atoms with Crippen molar-refractivity contribution in [2.75, 3.05) is 6.79 Å². The van der Waals surface area contributed by atoms with Gasteiger partial charge in [0.25, 0.3) is 0 Å². The van der Waals surface area contributed by atoms with Crippen LogP contribution in [0.15, 0.2) is 36.4 Å². The van der Waals surface area contributed by atoms with Crippen LogP contribution < -0.4 is 25.3 Å². The van der Waals surface area contributed by atoms with Gasteiger partial charge < -0.3 is 25.3 Å². The number of primary amides is 1. The molecule has 0 bridgehead atoms. The van der Waals surface area contributed by atoms with Crippen molar-refractivity contribution in [3.63, 3.8) is 0 Å². The highest BCUT2D eigenvalue weighted by Crippen LogP contribution is 2.43. The van der Waals surface area contributed by atoms with Crippen molar-refractivity contribution < 1.29 is 19.0 Å². The summed E-state index contributed by atoms with van der Waals surface area (Å²) >= 11 is 0. The maximum atomic E-state index is 11.2. The van der Waals surface area contributed by atoms with Gasteiger partial charge in [-0.2, -0.15) is 0 Å². The van der Waals surface area contributed by atoms with Crippen LogP contribution in [-0.2, 0) is 24.4 Å². The zero-order chi connectivity index (χ0) is 18.5. The number of hydrogen-bond acceptors (Lipinski definition) is 5. The first-order valence-electron chi connectivity index (χ1n) is 8.74. The molecule has 3 N–H and O–H groups in total. The highest BCUT2D eigenvalue weighted by molar-refractivity contribution is 5.79. The molecule has 1 atom stereocenters. The van der Waals surface area contributed by atoms with Gasteiger partial charge >= 0.3 is 0 Å². The smallest absolute Gasteiger partial charge is 0.234 e. The average Bonchev–Trinajstić information content (AvgIpc) is 3.15. The van der Waals surface area contributed by atoms with Crippen molar-refractivity contribution in [2.24, 2.45) is 5.73 Å². The Morgan fingerprint density at radius 3 is 2.62 bits per heavy atom. The van der Waals surface area contributed by atoms with E-state index in [0.29, 0.717) is 30.4 Å². The summed E-state index contributed by atoms with van der Waals surface area (Å²) in [5.74, 6) is 1.50. The molecule has 0 radical (unpaired) electrons. The van der Waals surface area contributed by atoms with Crippen LogP contribution in [0, 0.1) is 0 Å². The van der Waals surface area contributed by atoms with Gasteiger partial charge in [0.2, 0.25) is 18.4 Å². The Labute approximate surface area is 153 Å². The van der Waals surface area contributed by atoms with Gasteiger partial charge in [-0.1, -0.05) is 37.3 Å². The molecule has 1 aliphatic heterocycles. The minimum atomic E-state index is -0.422. The zero-order valence-corrected chi connectivity index (χ0v) is 15.1. The van der Waals surface area contributed by atoms with E-state index in [9.17, 15) is 4.79 Å². The van der Waals surface area contributed by atoms with Gasteiger partial charge in [-0.25, -0.2) is 0 Å². The second-order valence-electron chi connectivity index (χ2n) is 6.20. The normalized spacial score (nSPS) is 13.5. The fraction of sp³-hybridized carbons (Fsp3) is 0.350. The van der Waals surface area contributed by atoms with Crippen LogP contribution in [0.4, 0.5) is 0 Å². The third-order valence-corrected chi connectivity index (χ3v) is 4.47. The van der Waals surface area contributed by atoms with Crippen molar-refractivity contribution in [1.82, 2.24) is 5.32 Å². The summed E-state index contributed by atoms with van der Waals surface area (Å²) in [6, 6.07) is 11.6. The number of hydrogen-bond donors (Lipinski definition) is 2. The third-order valence-electron chi connectivity index (χ3n) is 4.47. The molecule has 26 heavy (non-hydrogen) atoms. The standard InChI is InChI=1S/C20H24N2O4/c1-3-14-6-4-5-7-16(14)11-24-17-9-8-15(10-22-13(2)20(21)23)18-19(17)26-12-25-18/h4-9,13,22H,3,10-12H2,1-2H3,(H2,21,23)/t13-/m0/s1. The maximum absolute atomic E-state index is 11.2. The SMILES string of the molecule is CCc1ccccc1COc1ccc(CN[C@@H](C)C(N)=O)c2c1OCO2. The topological polar surface area (TPSA) is 82.8 Å². The Balaban J connectivity index is 1.73. The van der Waals surface area contributed by atoms with Crippen molar-refractivity contribution in [3.8, 4) is 17.2 Å². The van der Waals surface area contributed by atoms with Gasteiger partial charge in [0.1, 0.15) is 6.61 Å². The largest absolute Gasteiger partial charge is 0.485 e. The fourth-order valence-electron chi connectivity index (χ4n) is 2.84. The van der Waals surface area contributed by atoms with Gasteiger partial charge in [-0.05, 0) is 30.5 Å². The van der Waals surface area contributed by atoms with E-state index in [4.69, 9.17) is 19.9 Å². The second-order valence-corrected chi connectivity index (χ2v) is 6.20. The maximum Gasteiger partial charge on any atom is 0.234 e. The number of carbonyl (C=O) groups is 1. The first kappa shape index (κ1) is 18.1. The van der Waals surface area contributed by atoms with E-state index in [-0.39, 0.29) is 6.79 Å². The highest BCUT2D eigenvalue weighted by atomic mass is 16.7. The molecule has 1 amide bonds. The first-order chi connectivity index (χ1) is 12.6. The second kappa shape index (κ2) is 8.10. The Hall–Kier alpha value is -2.73. The number of amides is 1. The zero-order valence-electron chi connectivity index (χ0n) is 15.1. The van der Waals surface area contributed by atoms with Crippen LogP contribution in [0.1, 0.15) is 30.5 Å².